The maximum atomic E-state index is 12.7. The van der Waals surface area contributed by atoms with Crippen LogP contribution in [0.15, 0.2) is 24.3 Å². The molecule has 0 saturated heterocycles. The number of hydrogen-bond donors (Lipinski definition) is 2. The van der Waals surface area contributed by atoms with Crippen molar-refractivity contribution >= 4 is 11.8 Å². The van der Waals surface area contributed by atoms with Crippen molar-refractivity contribution in [3.05, 3.63) is 29.8 Å². The Bertz CT molecular complexity index is 491. The topological polar surface area (TPSA) is 64.3 Å². The first-order valence-corrected chi connectivity index (χ1v) is 6.25. The van der Waals surface area contributed by atoms with Crippen LogP contribution in [-0.4, -0.2) is 18.2 Å². The van der Waals surface area contributed by atoms with Gasteiger partial charge in [0.05, 0.1) is 11.3 Å². The second-order valence-corrected chi connectivity index (χ2v) is 4.77. The number of carbonyl (C=O) groups excluding carboxylic acids is 1. The maximum absolute atomic E-state index is 12.7. The van der Waals surface area contributed by atoms with Gasteiger partial charge in [0.1, 0.15) is 6.10 Å². The molecular weight excluding hydrogens is 273 g/mol. The summed E-state index contributed by atoms with van der Waals surface area (Å²) >= 11 is 0. The largest absolute Gasteiger partial charge is 0.446 e. The van der Waals surface area contributed by atoms with Gasteiger partial charge < -0.3 is 10.5 Å². The molecule has 0 aliphatic heterocycles. The molecule has 0 bridgehead atoms. The standard InChI is InChI=1S/C13H15F3N2O2/c14-13(15,16)10-3-1-2-4-11(10)18-12(19)20-9-6-5-8(17)7-9/h1-4,8-9H,5-7,17H2,(H,18,19). The number of hydrogen-bond acceptors (Lipinski definition) is 3. The van der Waals surface area contributed by atoms with Crippen molar-refractivity contribution in [1.82, 2.24) is 0 Å². The normalized spacial score (nSPS) is 22.6. The van der Waals surface area contributed by atoms with Gasteiger partial charge in [-0.1, -0.05) is 12.1 Å². The van der Waals surface area contributed by atoms with Crippen LogP contribution in [0.2, 0.25) is 0 Å². The monoisotopic (exact) mass is 288 g/mol. The van der Waals surface area contributed by atoms with E-state index in [1.165, 1.54) is 18.2 Å². The summed E-state index contributed by atoms with van der Waals surface area (Å²) in [4.78, 5) is 11.6. The minimum Gasteiger partial charge on any atom is -0.446 e. The van der Waals surface area contributed by atoms with Gasteiger partial charge in [-0.3, -0.25) is 5.32 Å². The summed E-state index contributed by atoms with van der Waals surface area (Å²) in [6.07, 6.45) is -3.83. The fraction of sp³-hybridized carbons (Fsp3) is 0.462. The van der Waals surface area contributed by atoms with E-state index in [9.17, 15) is 18.0 Å². The number of halogens is 3. The van der Waals surface area contributed by atoms with Crippen LogP contribution in [0, 0.1) is 0 Å². The minimum atomic E-state index is -4.53. The number of amides is 1. The van der Waals surface area contributed by atoms with Crippen LogP contribution < -0.4 is 11.1 Å². The number of rotatable bonds is 2. The van der Waals surface area contributed by atoms with E-state index in [4.69, 9.17) is 10.5 Å². The van der Waals surface area contributed by atoms with Gasteiger partial charge >= 0.3 is 12.3 Å². The lowest BCUT2D eigenvalue weighted by atomic mass is 10.2. The van der Waals surface area contributed by atoms with Gasteiger partial charge in [-0.25, -0.2) is 4.79 Å². The molecule has 0 heterocycles. The first-order chi connectivity index (χ1) is 9.36. The number of anilines is 1. The average molecular weight is 288 g/mol. The van der Waals surface area contributed by atoms with Crippen molar-refractivity contribution < 1.29 is 22.7 Å². The Morgan fingerprint density at radius 3 is 2.60 bits per heavy atom. The number of carbonyl (C=O) groups is 1. The molecule has 1 amide bonds. The fourth-order valence-corrected chi connectivity index (χ4v) is 2.21. The summed E-state index contributed by atoms with van der Waals surface area (Å²) in [5, 5.41) is 2.14. The zero-order valence-electron chi connectivity index (χ0n) is 10.6. The van der Waals surface area contributed by atoms with E-state index in [0.29, 0.717) is 12.8 Å². The minimum absolute atomic E-state index is 0.0183. The Labute approximate surface area is 114 Å². The van der Waals surface area contributed by atoms with Crippen molar-refractivity contribution in [3.63, 3.8) is 0 Å². The highest BCUT2D eigenvalue weighted by atomic mass is 19.4. The quantitative estimate of drug-likeness (QED) is 0.878. The summed E-state index contributed by atoms with van der Waals surface area (Å²) in [5.74, 6) is 0. The third-order valence-corrected chi connectivity index (χ3v) is 3.17. The van der Waals surface area contributed by atoms with Crippen LogP contribution in [0.1, 0.15) is 24.8 Å². The Morgan fingerprint density at radius 1 is 1.30 bits per heavy atom. The van der Waals surface area contributed by atoms with Crippen LogP contribution >= 0.6 is 0 Å². The number of nitrogens with one attached hydrogen (secondary N) is 1. The molecule has 0 spiro atoms. The molecule has 2 atom stereocenters. The van der Waals surface area contributed by atoms with Gasteiger partial charge in [0.15, 0.2) is 0 Å². The molecule has 1 aromatic rings. The third-order valence-electron chi connectivity index (χ3n) is 3.17. The van der Waals surface area contributed by atoms with Gasteiger partial charge in [0.2, 0.25) is 0 Å². The molecular formula is C13H15F3N2O2. The van der Waals surface area contributed by atoms with Crippen LogP contribution in [0.4, 0.5) is 23.7 Å². The van der Waals surface area contributed by atoms with Crippen molar-refractivity contribution in [2.75, 3.05) is 5.32 Å². The van der Waals surface area contributed by atoms with E-state index >= 15 is 0 Å². The lowest BCUT2D eigenvalue weighted by Crippen LogP contribution is -2.24. The number of para-hydroxylation sites is 1. The van der Waals surface area contributed by atoms with Crippen molar-refractivity contribution in [1.29, 1.82) is 0 Å². The van der Waals surface area contributed by atoms with Crippen molar-refractivity contribution in [2.45, 2.75) is 37.6 Å². The smallest absolute Gasteiger partial charge is 0.418 e. The molecule has 1 aliphatic rings. The van der Waals surface area contributed by atoms with E-state index in [1.54, 1.807) is 0 Å². The zero-order chi connectivity index (χ0) is 14.8. The third kappa shape index (κ3) is 3.63. The summed E-state index contributed by atoms with van der Waals surface area (Å²) < 4.78 is 43.3. The van der Waals surface area contributed by atoms with Gasteiger partial charge in [-0.2, -0.15) is 13.2 Å². The molecule has 1 aromatic carbocycles. The average Bonchev–Trinajstić information content (AvgIpc) is 2.73. The first-order valence-electron chi connectivity index (χ1n) is 6.25. The predicted octanol–water partition coefficient (Wildman–Crippen LogP) is 3.13. The highest BCUT2D eigenvalue weighted by Gasteiger charge is 2.34. The molecule has 4 nitrogen and oxygen atoms in total. The predicted molar refractivity (Wildman–Crippen MR) is 67.2 cm³/mol. The number of ether oxygens (including phenoxy) is 1. The van der Waals surface area contributed by atoms with E-state index in [1.807, 2.05) is 0 Å². The Morgan fingerprint density at radius 2 is 2.00 bits per heavy atom. The van der Waals surface area contributed by atoms with Gasteiger partial charge in [-0.05, 0) is 31.4 Å². The molecule has 0 radical (unpaired) electrons. The second kappa shape index (κ2) is 5.70. The lowest BCUT2D eigenvalue weighted by molar-refractivity contribution is -0.136. The SMILES string of the molecule is NC1CCC(OC(=O)Nc2ccccc2C(F)(F)F)C1. The summed E-state index contributed by atoms with van der Waals surface area (Å²) in [7, 11) is 0. The number of nitrogens with two attached hydrogens (primary N) is 1. The molecule has 3 N–H and O–H groups in total. The van der Waals surface area contributed by atoms with E-state index in [0.717, 1.165) is 12.5 Å². The highest BCUT2D eigenvalue weighted by molar-refractivity contribution is 5.86. The van der Waals surface area contributed by atoms with Crippen molar-refractivity contribution in [3.8, 4) is 0 Å². The molecule has 1 saturated carbocycles. The maximum Gasteiger partial charge on any atom is 0.418 e. The van der Waals surface area contributed by atoms with Crippen molar-refractivity contribution in [2.24, 2.45) is 5.73 Å². The number of alkyl halides is 3. The summed E-state index contributed by atoms with van der Waals surface area (Å²) in [5.41, 5.74) is 4.46. The zero-order valence-corrected chi connectivity index (χ0v) is 10.6. The molecule has 1 fully saturated rings. The first kappa shape index (κ1) is 14.6. The molecule has 2 rings (SSSR count). The summed E-state index contributed by atoms with van der Waals surface area (Å²) in [6.45, 7) is 0. The van der Waals surface area contributed by atoms with Crippen LogP contribution in [0.3, 0.4) is 0 Å². The highest BCUT2D eigenvalue weighted by Crippen LogP contribution is 2.34. The van der Waals surface area contributed by atoms with Gasteiger partial charge in [-0.15, -0.1) is 0 Å². The second-order valence-electron chi connectivity index (χ2n) is 4.77. The Kier molecular flexibility index (Phi) is 4.17. The fourth-order valence-electron chi connectivity index (χ4n) is 2.21. The van der Waals surface area contributed by atoms with E-state index in [-0.39, 0.29) is 17.8 Å². The molecule has 0 aromatic heterocycles. The molecule has 20 heavy (non-hydrogen) atoms. The van der Waals surface area contributed by atoms with Gasteiger partial charge in [0.25, 0.3) is 0 Å². The number of benzene rings is 1. The summed E-state index contributed by atoms with van der Waals surface area (Å²) in [6, 6.07) is 4.74. The molecule has 7 heteroatoms. The van der Waals surface area contributed by atoms with Crippen LogP contribution in [-0.2, 0) is 10.9 Å². The van der Waals surface area contributed by atoms with E-state index < -0.39 is 17.8 Å². The van der Waals surface area contributed by atoms with Gasteiger partial charge in [0, 0.05) is 6.04 Å². The van der Waals surface area contributed by atoms with Crippen LogP contribution in [0.5, 0.6) is 0 Å². The molecule has 2 unspecified atom stereocenters. The Hall–Kier alpha value is -1.76. The molecule has 110 valence electrons. The lowest BCUT2D eigenvalue weighted by Gasteiger charge is -2.15. The van der Waals surface area contributed by atoms with E-state index in [2.05, 4.69) is 5.32 Å². The Balaban J connectivity index is 2.01. The molecule has 1 aliphatic carbocycles. The van der Waals surface area contributed by atoms with Crippen LogP contribution in [0.25, 0.3) is 0 Å².